The number of halogens is 1. The molecule has 0 spiro atoms. The van der Waals surface area contributed by atoms with Gasteiger partial charge in [0.25, 0.3) is 0 Å². The molecule has 5 heteroatoms. The molecule has 0 amide bonds. The molecule has 106 valence electrons. The van der Waals surface area contributed by atoms with Crippen LogP contribution in [0, 0.1) is 6.92 Å². The molecule has 3 nitrogen and oxygen atoms in total. The first kappa shape index (κ1) is 15.1. The van der Waals surface area contributed by atoms with Crippen molar-refractivity contribution in [3.05, 3.63) is 58.1 Å². The van der Waals surface area contributed by atoms with Gasteiger partial charge in [-0.1, -0.05) is 40.2 Å². The monoisotopic (exact) mass is 353 g/mol. The lowest BCUT2D eigenvalue weighted by molar-refractivity contribution is 0.602. The minimum absolute atomic E-state index is 0.331. The van der Waals surface area contributed by atoms with Crippen molar-refractivity contribution in [1.82, 2.24) is 0 Å². The number of nitrogens with one attached hydrogen (secondary N) is 1. The molecule has 0 aromatic heterocycles. The predicted molar refractivity (Wildman–Crippen MR) is 85.8 cm³/mol. The second-order valence-corrected chi connectivity index (χ2v) is 7.56. The maximum atomic E-state index is 11.6. The summed E-state index contributed by atoms with van der Waals surface area (Å²) in [5.41, 5.74) is 2.98. The van der Waals surface area contributed by atoms with E-state index in [1.165, 1.54) is 6.26 Å². The molecule has 0 radical (unpaired) electrons. The van der Waals surface area contributed by atoms with Crippen LogP contribution in [0.5, 0.6) is 0 Å². The van der Waals surface area contributed by atoms with Crippen LogP contribution in [-0.4, -0.2) is 14.7 Å². The average molecular weight is 354 g/mol. The quantitative estimate of drug-likeness (QED) is 0.909. The number of aryl methyl sites for hydroxylation is 1. The number of benzene rings is 2. The molecule has 0 fully saturated rings. The molecule has 0 aliphatic rings. The zero-order valence-corrected chi connectivity index (χ0v) is 13.8. The van der Waals surface area contributed by atoms with Gasteiger partial charge in [-0.05, 0) is 36.2 Å². The largest absolute Gasteiger partial charge is 0.381 e. The summed E-state index contributed by atoms with van der Waals surface area (Å²) < 4.78 is 24.2. The Kier molecular flexibility index (Phi) is 4.50. The lowest BCUT2D eigenvalue weighted by Gasteiger charge is -2.12. The van der Waals surface area contributed by atoms with Gasteiger partial charge < -0.3 is 5.32 Å². The van der Waals surface area contributed by atoms with Crippen molar-refractivity contribution in [2.45, 2.75) is 18.4 Å². The SMILES string of the molecule is Cc1ccc(S(C)(=O)=O)cc1NCc1ccccc1Br. The fraction of sp³-hybridized carbons (Fsp3) is 0.200. The Morgan fingerprint density at radius 1 is 1.15 bits per heavy atom. The summed E-state index contributed by atoms with van der Waals surface area (Å²) in [6.07, 6.45) is 1.22. The second-order valence-electron chi connectivity index (χ2n) is 4.69. The van der Waals surface area contributed by atoms with Crippen molar-refractivity contribution in [1.29, 1.82) is 0 Å². The third kappa shape index (κ3) is 3.61. The summed E-state index contributed by atoms with van der Waals surface area (Å²) in [5, 5.41) is 3.29. The molecular formula is C15H16BrNO2S. The van der Waals surface area contributed by atoms with Crippen molar-refractivity contribution >= 4 is 31.5 Å². The molecule has 2 aromatic carbocycles. The molecule has 0 bridgehead atoms. The Hall–Kier alpha value is -1.33. The molecule has 2 aromatic rings. The zero-order chi connectivity index (χ0) is 14.8. The Morgan fingerprint density at radius 3 is 2.50 bits per heavy atom. The Bertz CT molecular complexity index is 726. The van der Waals surface area contributed by atoms with Crippen LogP contribution >= 0.6 is 15.9 Å². The lowest BCUT2D eigenvalue weighted by Crippen LogP contribution is -2.04. The van der Waals surface area contributed by atoms with Gasteiger partial charge in [-0.2, -0.15) is 0 Å². The number of rotatable bonds is 4. The Labute approximate surface area is 128 Å². The minimum atomic E-state index is -3.18. The maximum absolute atomic E-state index is 11.6. The van der Waals surface area contributed by atoms with E-state index in [0.717, 1.165) is 21.3 Å². The van der Waals surface area contributed by atoms with Gasteiger partial charge in [0, 0.05) is 23.0 Å². The summed E-state index contributed by atoms with van der Waals surface area (Å²) >= 11 is 3.50. The zero-order valence-electron chi connectivity index (χ0n) is 11.4. The van der Waals surface area contributed by atoms with Crippen LogP contribution in [0.2, 0.25) is 0 Å². The van der Waals surface area contributed by atoms with E-state index in [-0.39, 0.29) is 0 Å². The molecule has 0 saturated carbocycles. The van der Waals surface area contributed by atoms with E-state index in [0.29, 0.717) is 11.4 Å². The topological polar surface area (TPSA) is 46.2 Å². The first-order chi connectivity index (χ1) is 9.38. The smallest absolute Gasteiger partial charge is 0.175 e. The highest BCUT2D eigenvalue weighted by Crippen LogP contribution is 2.22. The fourth-order valence-corrected chi connectivity index (χ4v) is 2.93. The standard InChI is InChI=1S/C15H16BrNO2S/c1-11-7-8-13(20(2,18)19)9-15(11)17-10-12-5-3-4-6-14(12)16/h3-9,17H,10H2,1-2H3. The number of anilines is 1. The maximum Gasteiger partial charge on any atom is 0.175 e. The molecule has 20 heavy (non-hydrogen) atoms. The highest BCUT2D eigenvalue weighted by atomic mass is 79.9. The van der Waals surface area contributed by atoms with E-state index in [2.05, 4.69) is 21.2 Å². The van der Waals surface area contributed by atoms with E-state index in [1.54, 1.807) is 12.1 Å². The first-order valence-electron chi connectivity index (χ1n) is 6.16. The van der Waals surface area contributed by atoms with Crippen molar-refractivity contribution in [3.63, 3.8) is 0 Å². The van der Waals surface area contributed by atoms with Gasteiger partial charge in [0.1, 0.15) is 0 Å². The lowest BCUT2D eigenvalue weighted by atomic mass is 10.2. The van der Waals surface area contributed by atoms with Crippen LogP contribution in [0.3, 0.4) is 0 Å². The van der Waals surface area contributed by atoms with E-state index in [4.69, 9.17) is 0 Å². The third-order valence-electron chi connectivity index (χ3n) is 3.06. The predicted octanol–water partition coefficient (Wildman–Crippen LogP) is 3.77. The van der Waals surface area contributed by atoms with Crippen LogP contribution in [-0.2, 0) is 16.4 Å². The molecule has 0 unspecified atom stereocenters. The molecule has 0 heterocycles. The van der Waals surface area contributed by atoms with Gasteiger partial charge in [0.05, 0.1) is 4.90 Å². The number of hydrogen-bond acceptors (Lipinski definition) is 3. The van der Waals surface area contributed by atoms with Crippen LogP contribution < -0.4 is 5.32 Å². The number of hydrogen-bond donors (Lipinski definition) is 1. The van der Waals surface area contributed by atoms with Gasteiger partial charge in [0.15, 0.2) is 9.84 Å². The average Bonchev–Trinajstić information content (AvgIpc) is 2.38. The summed E-state index contributed by atoms with van der Waals surface area (Å²) in [7, 11) is -3.18. The van der Waals surface area contributed by atoms with E-state index in [9.17, 15) is 8.42 Å². The van der Waals surface area contributed by atoms with Gasteiger partial charge in [0.2, 0.25) is 0 Å². The van der Waals surface area contributed by atoms with Crippen molar-refractivity contribution < 1.29 is 8.42 Å². The molecule has 0 saturated heterocycles. The van der Waals surface area contributed by atoms with Crippen LogP contribution in [0.1, 0.15) is 11.1 Å². The molecule has 0 aliphatic heterocycles. The Morgan fingerprint density at radius 2 is 1.85 bits per heavy atom. The van der Waals surface area contributed by atoms with Crippen LogP contribution in [0.15, 0.2) is 51.8 Å². The summed E-state index contributed by atoms with van der Waals surface area (Å²) in [6, 6.07) is 13.1. The van der Waals surface area contributed by atoms with Crippen molar-refractivity contribution in [2.24, 2.45) is 0 Å². The van der Waals surface area contributed by atoms with Gasteiger partial charge in [-0.25, -0.2) is 8.42 Å². The molecule has 2 rings (SSSR count). The second kappa shape index (κ2) is 5.97. The third-order valence-corrected chi connectivity index (χ3v) is 4.95. The highest BCUT2D eigenvalue weighted by Gasteiger charge is 2.09. The highest BCUT2D eigenvalue weighted by molar-refractivity contribution is 9.10. The van der Waals surface area contributed by atoms with Crippen LogP contribution in [0.4, 0.5) is 5.69 Å². The van der Waals surface area contributed by atoms with E-state index in [1.807, 2.05) is 37.3 Å². The van der Waals surface area contributed by atoms with Crippen molar-refractivity contribution in [3.8, 4) is 0 Å². The first-order valence-corrected chi connectivity index (χ1v) is 8.84. The normalized spacial score (nSPS) is 11.3. The van der Waals surface area contributed by atoms with E-state index >= 15 is 0 Å². The minimum Gasteiger partial charge on any atom is -0.381 e. The van der Waals surface area contributed by atoms with Crippen molar-refractivity contribution in [2.75, 3.05) is 11.6 Å². The molecule has 0 atom stereocenters. The van der Waals surface area contributed by atoms with Gasteiger partial charge in [-0.15, -0.1) is 0 Å². The van der Waals surface area contributed by atoms with E-state index < -0.39 is 9.84 Å². The van der Waals surface area contributed by atoms with Crippen LogP contribution in [0.25, 0.3) is 0 Å². The Balaban J connectivity index is 2.24. The molecular weight excluding hydrogens is 338 g/mol. The van der Waals surface area contributed by atoms with Gasteiger partial charge >= 0.3 is 0 Å². The number of sulfone groups is 1. The summed E-state index contributed by atoms with van der Waals surface area (Å²) in [5.74, 6) is 0. The summed E-state index contributed by atoms with van der Waals surface area (Å²) in [6.45, 7) is 2.59. The fourth-order valence-electron chi connectivity index (χ4n) is 1.85. The summed E-state index contributed by atoms with van der Waals surface area (Å²) in [4.78, 5) is 0.331. The molecule has 1 N–H and O–H groups in total. The van der Waals surface area contributed by atoms with Gasteiger partial charge in [-0.3, -0.25) is 0 Å². The molecule has 0 aliphatic carbocycles.